The third-order valence-corrected chi connectivity index (χ3v) is 24.7. The normalized spacial score (nSPS) is 26.0. The molecule has 85 heavy (non-hydrogen) atoms. The first kappa shape index (κ1) is 59.7. The van der Waals surface area contributed by atoms with E-state index in [1.54, 1.807) is 0 Å². The van der Waals surface area contributed by atoms with Gasteiger partial charge in [-0.2, -0.15) is 0 Å². The zero-order valence-electron chi connectivity index (χ0n) is 50.6. The number of pyridine rings is 2. The van der Waals surface area contributed by atoms with Crippen molar-refractivity contribution in [3.8, 4) is 0 Å². The average Bonchev–Trinajstić information content (AvgIpc) is 1.84. The summed E-state index contributed by atoms with van der Waals surface area (Å²) in [6.45, 7) is 15.1. The van der Waals surface area contributed by atoms with Crippen molar-refractivity contribution in [2.24, 2.45) is 22.7 Å². The number of carbonyl (C=O) groups is 3. The fourth-order valence-electron chi connectivity index (χ4n) is 16.6. The Bertz CT molecular complexity index is 3830. The molecule has 6 aliphatic rings. The zero-order valence-corrected chi connectivity index (χ0v) is 53.0. The molecule has 2 unspecified atom stereocenters. The minimum absolute atomic E-state index is 0.0198. The van der Waals surface area contributed by atoms with Gasteiger partial charge in [0.05, 0.1) is 22.6 Å². The second-order valence-corrected chi connectivity index (χ2v) is 30.3. The first-order chi connectivity index (χ1) is 40.8. The fraction of sp³-hybridized carbons (Fsp3) is 0.561. The molecule has 4 aliphatic heterocycles. The summed E-state index contributed by atoms with van der Waals surface area (Å²) in [7, 11) is -2.98. The van der Waals surface area contributed by atoms with Gasteiger partial charge in [-0.1, -0.05) is 30.3 Å². The number of rotatable bonds is 16. The number of nitrogens with one attached hydrogen (secondary N) is 5. The Morgan fingerprint density at radius 2 is 1.21 bits per heavy atom. The molecule has 4 aromatic heterocycles. The van der Waals surface area contributed by atoms with Gasteiger partial charge in [-0.25, -0.2) is 8.42 Å². The summed E-state index contributed by atoms with van der Waals surface area (Å²) in [5.41, 5.74) is 7.97. The van der Waals surface area contributed by atoms with Gasteiger partial charge in [0, 0.05) is 141 Å². The predicted molar refractivity (Wildman–Crippen MR) is 340 cm³/mol. The minimum atomic E-state index is -2.98. The molecule has 5 N–H and O–H groups in total. The highest BCUT2D eigenvalue weighted by Gasteiger charge is 2.49. The largest absolute Gasteiger partial charge is 0.355 e. The van der Waals surface area contributed by atoms with Crippen molar-refractivity contribution < 1.29 is 22.8 Å². The lowest BCUT2D eigenvalue weighted by molar-refractivity contribution is -0.119. The van der Waals surface area contributed by atoms with Crippen molar-refractivity contribution in [2.45, 2.75) is 165 Å². The highest BCUT2D eigenvalue weighted by Crippen LogP contribution is 2.47. The van der Waals surface area contributed by atoms with E-state index in [-0.39, 0.29) is 64.8 Å². The van der Waals surface area contributed by atoms with Crippen LogP contribution in [0.4, 0.5) is 0 Å². The lowest BCUT2D eigenvalue weighted by Crippen LogP contribution is -2.39. The third kappa shape index (κ3) is 11.6. The number of aromatic nitrogens is 4. The molecule has 2 aliphatic carbocycles. The standard InChI is InChI=1S/C66H85N9O7S3/c1-39-28-56(83-6)51(61(77)70-39)33-67-63(79)59-43(5)74(41(3)45-13-17-48(18-14-45)73-26-23-66(37-73)32-58(76)69-35-66)54-30-44(12-21-50(54)59)31-55-60(64(80)68-34-52-57(84-7)29-40(2)71-62(52)78)49-10-8-9-11-53(49)75(55)42(4)46-15-19-47(20-16-46)72-25-22-65(36-72)24-27-85(81,82)38-65/h8-12,21,28-30,41-42,45-48H,13-20,22-27,31-38H2,1-7H3,(H,67,79)(H,68,80)(H,69,76)(H,70,77)(H,71,78)/t41-,42-,45?,46?,47?,48?,65?,66?/m1/s1. The lowest BCUT2D eigenvalue weighted by atomic mass is 9.81. The van der Waals surface area contributed by atoms with Crippen LogP contribution in [0.5, 0.6) is 0 Å². The number of sulfone groups is 1. The molecule has 8 heterocycles. The van der Waals surface area contributed by atoms with Crippen LogP contribution in [0, 0.1) is 43.4 Å². The Morgan fingerprint density at radius 3 is 1.76 bits per heavy atom. The van der Waals surface area contributed by atoms with E-state index in [0.717, 1.165) is 163 Å². The monoisotopic (exact) mass is 1210 g/mol. The molecular weight excluding hydrogens is 1130 g/mol. The van der Waals surface area contributed by atoms with Crippen molar-refractivity contribution >= 4 is 72.9 Å². The van der Waals surface area contributed by atoms with Gasteiger partial charge in [-0.3, -0.25) is 33.8 Å². The first-order valence-electron chi connectivity index (χ1n) is 31.1. The van der Waals surface area contributed by atoms with Crippen LogP contribution < -0.4 is 27.1 Å². The van der Waals surface area contributed by atoms with Crippen LogP contribution in [0.2, 0.25) is 0 Å². The number of aryl methyl sites for hydroxylation is 2. The molecule has 16 nitrogen and oxygen atoms in total. The summed E-state index contributed by atoms with van der Waals surface area (Å²) in [5.74, 6) is 0.974. The van der Waals surface area contributed by atoms with Gasteiger partial charge >= 0.3 is 0 Å². The Kier molecular flexibility index (Phi) is 16.7. The van der Waals surface area contributed by atoms with Gasteiger partial charge in [0.1, 0.15) is 0 Å². The van der Waals surface area contributed by atoms with Crippen LogP contribution in [-0.4, -0.2) is 124 Å². The number of aromatic amines is 2. The molecule has 2 spiro atoms. The Labute approximate surface area is 508 Å². The second kappa shape index (κ2) is 23.8. The number of para-hydroxylation sites is 1. The van der Waals surface area contributed by atoms with E-state index < -0.39 is 9.84 Å². The van der Waals surface area contributed by atoms with Crippen LogP contribution in [0.1, 0.15) is 163 Å². The van der Waals surface area contributed by atoms with Crippen molar-refractivity contribution in [3.63, 3.8) is 0 Å². The maximum absolute atomic E-state index is 15.3. The van der Waals surface area contributed by atoms with E-state index in [1.165, 1.54) is 23.5 Å². The van der Waals surface area contributed by atoms with Crippen molar-refractivity contribution in [3.05, 3.63) is 126 Å². The first-order valence-corrected chi connectivity index (χ1v) is 35.3. The number of likely N-dealkylation sites (tertiary alicyclic amines) is 2. The van der Waals surface area contributed by atoms with Crippen molar-refractivity contribution in [2.75, 3.05) is 56.7 Å². The van der Waals surface area contributed by atoms with Crippen LogP contribution in [0.15, 0.2) is 74.0 Å². The Hall–Kier alpha value is -5.60. The second-order valence-electron chi connectivity index (χ2n) is 26.4. The summed E-state index contributed by atoms with van der Waals surface area (Å²) < 4.78 is 30.1. The highest BCUT2D eigenvalue weighted by atomic mass is 32.2. The number of carbonyl (C=O) groups excluding carboxylic acids is 3. The summed E-state index contributed by atoms with van der Waals surface area (Å²) in [6.07, 6.45) is 16.0. The molecule has 454 valence electrons. The summed E-state index contributed by atoms with van der Waals surface area (Å²) in [6, 6.07) is 19.5. The molecular formula is C66H85N9O7S3. The van der Waals surface area contributed by atoms with Gasteiger partial charge in [0.2, 0.25) is 5.91 Å². The van der Waals surface area contributed by atoms with Crippen LogP contribution in [-0.2, 0) is 34.1 Å². The van der Waals surface area contributed by atoms with Crippen LogP contribution in [0.25, 0.3) is 21.8 Å². The number of nitrogens with zero attached hydrogens (tertiary/aromatic N) is 4. The van der Waals surface area contributed by atoms with E-state index in [2.05, 4.69) is 89.9 Å². The fourth-order valence-corrected chi connectivity index (χ4v) is 20.2. The Morgan fingerprint density at radius 1 is 0.671 bits per heavy atom. The Balaban J connectivity index is 0.892. The number of amides is 3. The number of hydrogen-bond acceptors (Lipinski definition) is 11. The van der Waals surface area contributed by atoms with Gasteiger partial charge in [-0.05, 0) is 178 Å². The third-order valence-electron chi connectivity index (χ3n) is 21.2. The summed E-state index contributed by atoms with van der Waals surface area (Å²) in [4.78, 5) is 82.0. The molecule has 4 atom stereocenters. The molecule has 0 bridgehead atoms. The molecule has 4 saturated heterocycles. The number of benzene rings is 2. The molecule has 0 radical (unpaired) electrons. The lowest BCUT2D eigenvalue weighted by Gasteiger charge is -2.38. The van der Waals surface area contributed by atoms with Crippen molar-refractivity contribution in [1.82, 2.24) is 44.9 Å². The molecule has 2 saturated carbocycles. The molecule has 3 amide bonds. The van der Waals surface area contributed by atoms with Crippen LogP contribution in [0.3, 0.4) is 0 Å². The molecule has 6 fully saturated rings. The summed E-state index contributed by atoms with van der Waals surface area (Å²) in [5, 5.41) is 11.2. The van der Waals surface area contributed by atoms with Crippen molar-refractivity contribution in [1.29, 1.82) is 0 Å². The average molecular weight is 1210 g/mol. The van der Waals surface area contributed by atoms with E-state index >= 15 is 4.79 Å². The number of fused-ring (bicyclic) bond motifs is 2. The molecule has 6 aromatic rings. The molecule has 12 rings (SSSR count). The van der Waals surface area contributed by atoms with Gasteiger partial charge in [-0.15, -0.1) is 23.5 Å². The topological polar surface area (TPSA) is 203 Å². The molecule has 19 heteroatoms. The maximum Gasteiger partial charge on any atom is 0.254 e. The predicted octanol–water partition coefficient (Wildman–Crippen LogP) is 9.75. The van der Waals surface area contributed by atoms with E-state index in [1.807, 2.05) is 56.7 Å². The van der Waals surface area contributed by atoms with Gasteiger partial charge in [0.15, 0.2) is 9.84 Å². The van der Waals surface area contributed by atoms with E-state index in [4.69, 9.17) is 0 Å². The number of hydrogen-bond donors (Lipinski definition) is 5. The van der Waals surface area contributed by atoms with Gasteiger partial charge < -0.3 is 35.1 Å². The number of thioether (sulfide) groups is 2. The van der Waals surface area contributed by atoms with Gasteiger partial charge in [0.25, 0.3) is 22.9 Å². The smallest absolute Gasteiger partial charge is 0.254 e. The maximum atomic E-state index is 15.3. The van der Waals surface area contributed by atoms with E-state index in [0.29, 0.717) is 70.5 Å². The summed E-state index contributed by atoms with van der Waals surface area (Å²) >= 11 is 2.98. The SMILES string of the molecule is CSc1cc(C)[nH]c(=O)c1CNC(=O)c1c(C)n([C@H](C)C2CCC(N3CCC4(CNC(=O)C4)C3)CC2)c2cc(Cc3c(C(=O)NCc4c(SC)cc(C)[nH]c4=O)c4ccccc4n3[C@H](C)C3CCC(N4CCC5(CCS(=O)(=O)C5)C4)CC3)ccc12. The number of H-pyrrole nitrogens is 2. The zero-order chi connectivity index (χ0) is 59.7. The molecule has 2 aromatic carbocycles. The van der Waals surface area contributed by atoms with E-state index in [9.17, 15) is 27.6 Å². The highest BCUT2D eigenvalue weighted by molar-refractivity contribution is 7.98. The van der Waals surface area contributed by atoms with Crippen LogP contribution >= 0.6 is 23.5 Å². The quantitative estimate of drug-likeness (QED) is 0.0578. The minimum Gasteiger partial charge on any atom is -0.355 e.